The summed E-state index contributed by atoms with van der Waals surface area (Å²) in [5.41, 5.74) is 0.592. The summed E-state index contributed by atoms with van der Waals surface area (Å²) in [5, 5.41) is 9.60. The van der Waals surface area contributed by atoms with Gasteiger partial charge >= 0.3 is 0 Å². The highest BCUT2D eigenvalue weighted by molar-refractivity contribution is 5.94. The lowest BCUT2D eigenvalue weighted by atomic mass is 10.2. The number of benzene rings is 1. The van der Waals surface area contributed by atoms with Crippen molar-refractivity contribution < 1.29 is 9.53 Å². The molecule has 1 aliphatic carbocycles. The van der Waals surface area contributed by atoms with Crippen LogP contribution in [-0.4, -0.2) is 44.7 Å². The maximum absolute atomic E-state index is 12.1. The van der Waals surface area contributed by atoms with Crippen molar-refractivity contribution >= 4 is 11.9 Å². The van der Waals surface area contributed by atoms with Crippen LogP contribution < -0.4 is 20.7 Å². The van der Waals surface area contributed by atoms with Gasteiger partial charge in [-0.05, 0) is 38.0 Å². The van der Waals surface area contributed by atoms with E-state index >= 15 is 0 Å². The molecular formula is C18H28N4O2. The van der Waals surface area contributed by atoms with Crippen LogP contribution in [0, 0.1) is 0 Å². The molecule has 2 rings (SSSR count). The summed E-state index contributed by atoms with van der Waals surface area (Å²) >= 11 is 0. The van der Waals surface area contributed by atoms with Crippen LogP contribution in [-0.2, 0) is 0 Å². The molecule has 1 aliphatic rings. The van der Waals surface area contributed by atoms with Crippen molar-refractivity contribution in [3.8, 4) is 5.75 Å². The van der Waals surface area contributed by atoms with Gasteiger partial charge in [-0.25, -0.2) is 0 Å². The number of carbonyl (C=O) groups excluding carboxylic acids is 1. The summed E-state index contributed by atoms with van der Waals surface area (Å²) in [4.78, 5) is 16.6. The number of hydrogen-bond donors (Lipinski definition) is 3. The van der Waals surface area contributed by atoms with Crippen LogP contribution in [0.2, 0.25) is 0 Å². The lowest BCUT2D eigenvalue weighted by Crippen LogP contribution is -2.42. The molecule has 6 nitrogen and oxygen atoms in total. The third-order valence-electron chi connectivity index (χ3n) is 4.04. The van der Waals surface area contributed by atoms with Crippen LogP contribution in [0.5, 0.6) is 5.75 Å². The maximum Gasteiger partial charge on any atom is 0.251 e. The molecule has 6 heteroatoms. The number of carbonyl (C=O) groups is 1. The summed E-state index contributed by atoms with van der Waals surface area (Å²) in [7, 11) is 1.59. The number of nitrogens with zero attached hydrogens (tertiary/aromatic N) is 1. The van der Waals surface area contributed by atoms with Gasteiger partial charge in [-0.3, -0.25) is 9.79 Å². The summed E-state index contributed by atoms with van der Waals surface area (Å²) in [6.45, 7) is 3.92. The van der Waals surface area contributed by atoms with E-state index in [1.54, 1.807) is 25.3 Å². The fraction of sp³-hybridized carbons (Fsp3) is 0.556. The van der Waals surface area contributed by atoms with Gasteiger partial charge in [0.15, 0.2) is 5.96 Å². The smallest absolute Gasteiger partial charge is 0.251 e. The molecule has 0 radical (unpaired) electrons. The molecule has 24 heavy (non-hydrogen) atoms. The van der Waals surface area contributed by atoms with E-state index in [-0.39, 0.29) is 5.91 Å². The number of hydrogen-bond acceptors (Lipinski definition) is 3. The molecule has 1 aromatic rings. The van der Waals surface area contributed by atoms with E-state index in [0.29, 0.717) is 30.4 Å². The Morgan fingerprint density at radius 1 is 1.29 bits per heavy atom. The van der Waals surface area contributed by atoms with E-state index in [9.17, 15) is 4.79 Å². The average Bonchev–Trinajstić information content (AvgIpc) is 3.11. The highest BCUT2D eigenvalue weighted by Crippen LogP contribution is 2.17. The lowest BCUT2D eigenvalue weighted by molar-refractivity contribution is 0.0954. The number of aliphatic imine (C=N–C) groups is 1. The number of methoxy groups -OCH3 is 1. The molecule has 132 valence electrons. The van der Waals surface area contributed by atoms with Gasteiger partial charge in [0.2, 0.25) is 0 Å². The Morgan fingerprint density at radius 3 is 2.79 bits per heavy atom. The quantitative estimate of drug-likeness (QED) is 0.405. The second kappa shape index (κ2) is 9.80. The normalized spacial score (nSPS) is 15.2. The highest BCUT2D eigenvalue weighted by atomic mass is 16.5. The third kappa shape index (κ3) is 5.76. The zero-order valence-corrected chi connectivity index (χ0v) is 14.6. The van der Waals surface area contributed by atoms with E-state index in [4.69, 9.17) is 4.74 Å². The largest absolute Gasteiger partial charge is 0.497 e. The Labute approximate surface area is 144 Å². The van der Waals surface area contributed by atoms with Crippen LogP contribution in [0.15, 0.2) is 29.3 Å². The van der Waals surface area contributed by atoms with Crippen molar-refractivity contribution in [3.63, 3.8) is 0 Å². The minimum Gasteiger partial charge on any atom is -0.497 e. The minimum atomic E-state index is -0.113. The van der Waals surface area contributed by atoms with Gasteiger partial charge < -0.3 is 20.7 Å². The lowest BCUT2D eigenvalue weighted by Gasteiger charge is -2.16. The van der Waals surface area contributed by atoms with Crippen molar-refractivity contribution in [2.75, 3.05) is 26.7 Å². The van der Waals surface area contributed by atoms with Gasteiger partial charge in [0.25, 0.3) is 5.91 Å². The van der Waals surface area contributed by atoms with Gasteiger partial charge in [0, 0.05) is 24.7 Å². The molecule has 0 spiro atoms. The van der Waals surface area contributed by atoms with Crippen molar-refractivity contribution in [2.24, 2.45) is 4.99 Å². The Hall–Kier alpha value is -2.24. The molecule has 0 aliphatic heterocycles. The molecule has 1 fully saturated rings. The van der Waals surface area contributed by atoms with E-state index in [0.717, 1.165) is 12.5 Å². The van der Waals surface area contributed by atoms with Crippen LogP contribution >= 0.6 is 0 Å². The first-order valence-corrected chi connectivity index (χ1v) is 8.70. The molecule has 1 aromatic carbocycles. The van der Waals surface area contributed by atoms with E-state index in [1.165, 1.54) is 25.7 Å². The van der Waals surface area contributed by atoms with E-state index in [2.05, 4.69) is 27.9 Å². The van der Waals surface area contributed by atoms with Crippen LogP contribution in [0.1, 0.15) is 43.0 Å². The van der Waals surface area contributed by atoms with Crippen LogP contribution in [0.4, 0.5) is 0 Å². The van der Waals surface area contributed by atoms with Gasteiger partial charge in [0.05, 0.1) is 13.7 Å². The van der Waals surface area contributed by atoms with Gasteiger partial charge in [0.1, 0.15) is 5.75 Å². The first kappa shape index (κ1) is 18.1. The SMILES string of the molecule is CCNC(=NCCNC(=O)c1cccc(OC)c1)NC1CCCC1. The predicted molar refractivity (Wildman–Crippen MR) is 96.7 cm³/mol. The fourth-order valence-electron chi connectivity index (χ4n) is 2.79. The molecule has 1 saturated carbocycles. The number of guanidine groups is 1. The summed E-state index contributed by atoms with van der Waals surface area (Å²) < 4.78 is 5.13. The molecule has 0 aromatic heterocycles. The molecule has 1 amide bonds. The van der Waals surface area contributed by atoms with Gasteiger partial charge in [-0.1, -0.05) is 18.9 Å². The van der Waals surface area contributed by atoms with Crippen molar-refractivity contribution in [1.29, 1.82) is 0 Å². The first-order valence-electron chi connectivity index (χ1n) is 8.70. The Balaban J connectivity index is 1.78. The number of nitrogens with one attached hydrogen (secondary N) is 3. The van der Waals surface area contributed by atoms with Gasteiger partial charge in [-0.15, -0.1) is 0 Å². The molecule has 0 unspecified atom stereocenters. The summed E-state index contributed by atoms with van der Waals surface area (Å²) in [5.74, 6) is 1.40. The maximum atomic E-state index is 12.1. The third-order valence-corrected chi connectivity index (χ3v) is 4.04. The second-order valence-electron chi connectivity index (χ2n) is 5.87. The first-order chi connectivity index (χ1) is 11.7. The average molecular weight is 332 g/mol. The van der Waals surface area contributed by atoms with Crippen molar-refractivity contribution in [2.45, 2.75) is 38.6 Å². The van der Waals surface area contributed by atoms with Crippen molar-refractivity contribution in [3.05, 3.63) is 29.8 Å². The standard InChI is InChI=1S/C18H28N4O2/c1-3-19-18(22-15-8-4-5-9-15)21-12-11-20-17(23)14-7-6-10-16(13-14)24-2/h6-7,10,13,15H,3-5,8-9,11-12H2,1-2H3,(H,20,23)(H2,19,21,22). The molecular weight excluding hydrogens is 304 g/mol. The fourth-order valence-corrected chi connectivity index (χ4v) is 2.79. The molecule has 0 heterocycles. The van der Waals surface area contributed by atoms with E-state index in [1.807, 2.05) is 6.07 Å². The zero-order chi connectivity index (χ0) is 17.2. The molecule has 0 atom stereocenters. The molecule has 3 N–H and O–H groups in total. The topological polar surface area (TPSA) is 74.8 Å². The predicted octanol–water partition coefficient (Wildman–Crippen LogP) is 1.92. The monoisotopic (exact) mass is 332 g/mol. The molecule has 0 saturated heterocycles. The molecule has 0 bridgehead atoms. The number of ether oxygens (including phenoxy) is 1. The highest BCUT2D eigenvalue weighted by Gasteiger charge is 2.15. The van der Waals surface area contributed by atoms with Crippen LogP contribution in [0.25, 0.3) is 0 Å². The van der Waals surface area contributed by atoms with Crippen LogP contribution in [0.3, 0.4) is 0 Å². The zero-order valence-electron chi connectivity index (χ0n) is 14.6. The summed E-state index contributed by atoms with van der Waals surface area (Å²) in [6.07, 6.45) is 4.98. The number of amides is 1. The van der Waals surface area contributed by atoms with E-state index < -0.39 is 0 Å². The Bertz CT molecular complexity index is 554. The Kier molecular flexibility index (Phi) is 7.39. The van der Waals surface area contributed by atoms with Gasteiger partial charge in [-0.2, -0.15) is 0 Å². The number of rotatable bonds is 7. The summed E-state index contributed by atoms with van der Waals surface area (Å²) in [6, 6.07) is 7.64. The Morgan fingerprint density at radius 2 is 2.08 bits per heavy atom. The van der Waals surface area contributed by atoms with Crippen molar-refractivity contribution in [1.82, 2.24) is 16.0 Å². The minimum absolute atomic E-state index is 0.113. The second-order valence-corrected chi connectivity index (χ2v) is 5.87.